The molecule has 102 valence electrons. The fourth-order valence-electron chi connectivity index (χ4n) is 1.72. The van der Waals surface area contributed by atoms with E-state index < -0.39 is 0 Å². The first-order valence-electron chi connectivity index (χ1n) is 5.85. The maximum Gasteiger partial charge on any atom is 0.260 e. The van der Waals surface area contributed by atoms with Crippen LogP contribution >= 0.6 is 23.2 Å². The lowest BCUT2D eigenvalue weighted by Gasteiger charge is -2.17. The lowest BCUT2D eigenvalue weighted by atomic mass is 10.2. The second-order valence-corrected chi connectivity index (χ2v) is 5.29. The van der Waals surface area contributed by atoms with Crippen LogP contribution in [-0.4, -0.2) is 36.8 Å². The van der Waals surface area contributed by atoms with E-state index >= 15 is 0 Å². The van der Waals surface area contributed by atoms with Gasteiger partial charge in [-0.25, -0.2) is 0 Å². The number of ether oxygens (including phenoxy) is 1. The molecule has 1 aromatic carbocycles. The third-order valence-electron chi connectivity index (χ3n) is 2.99. The minimum absolute atomic E-state index is 0.134. The Morgan fingerprint density at radius 2 is 2.16 bits per heavy atom. The highest BCUT2D eigenvalue weighted by Gasteiger charge is 2.29. The van der Waals surface area contributed by atoms with Crippen LogP contribution in [0.25, 0.3) is 0 Å². The van der Waals surface area contributed by atoms with Gasteiger partial charge in [0.25, 0.3) is 5.91 Å². The van der Waals surface area contributed by atoms with E-state index in [1.54, 1.807) is 11.9 Å². The molecular weight excluding hydrogens is 289 g/mol. The molecule has 0 aliphatic heterocycles. The molecule has 0 saturated heterocycles. The van der Waals surface area contributed by atoms with Crippen LogP contribution in [0.3, 0.4) is 0 Å². The third-order valence-corrected chi connectivity index (χ3v) is 3.49. The molecule has 0 atom stereocenters. The van der Waals surface area contributed by atoms with E-state index in [2.05, 4.69) is 0 Å². The number of aldehydes is 1. The van der Waals surface area contributed by atoms with E-state index in [-0.39, 0.29) is 28.8 Å². The molecule has 0 unspecified atom stereocenters. The highest BCUT2D eigenvalue weighted by molar-refractivity contribution is 6.36. The van der Waals surface area contributed by atoms with Gasteiger partial charge in [-0.1, -0.05) is 23.2 Å². The number of amides is 1. The summed E-state index contributed by atoms with van der Waals surface area (Å²) in [6.07, 6.45) is 2.66. The normalized spacial score (nSPS) is 14.1. The van der Waals surface area contributed by atoms with E-state index in [0.29, 0.717) is 17.4 Å². The van der Waals surface area contributed by atoms with Crippen LogP contribution in [0.1, 0.15) is 23.2 Å². The predicted molar refractivity (Wildman–Crippen MR) is 73.1 cm³/mol. The van der Waals surface area contributed by atoms with Crippen molar-refractivity contribution in [1.82, 2.24) is 4.90 Å². The third kappa shape index (κ3) is 3.39. The van der Waals surface area contributed by atoms with Crippen molar-refractivity contribution in [3.8, 4) is 5.75 Å². The number of hydrogen-bond acceptors (Lipinski definition) is 3. The minimum atomic E-state index is -0.144. The van der Waals surface area contributed by atoms with Crippen LogP contribution < -0.4 is 4.74 Å². The molecule has 2 rings (SSSR count). The summed E-state index contributed by atoms with van der Waals surface area (Å²) in [5.74, 6) is 0.0592. The van der Waals surface area contributed by atoms with E-state index in [9.17, 15) is 9.59 Å². The molecular formula is C13H13Cl2NO3. The van der Waals surface area contributed by atoms with Gasteiger partial charge in [0, 0.05) is 18.1 Å². The summed E-state index contributed by atoms with van der Waals surface area (Å²) in [5.41, 5.74) is 0.236. The minimum Gasteiger partial charge on any atom is -0.481 e. The molecule has 1 saturated carbocycles. The maximum atomic E-state index is 11.8. The molecule has 0 radical (unpaired) electrons. The van der Waals surface area contributed by atoms with Crippen molar-refractivity contribution in [3.05, 3.63) is 27.7 Å². The second kappa shape index (κ2) is 5.80. The van der Waals surface area contributed by atoms with Gasteiger partial charge in [-0.3, -0.25) is 9.59 Å². The van der Waals surface area contributed by atoms with Crippen molar-refractivity contribution in [3.63, 3.8) is 0 Å². The number of carbonyl (C=O) groups excluding carboxylic acids is 2. The van der Waals surface area contributed by atoms with Gasteiger partial charge in [0.05, 0.1) is 10.6 Å². The zero-order valence-corrected chi connectivity index (χ0v) is 11.9. The van der Waals surface area contributed by atoms with Crippen LogP contribution in [0.2, 0.25) is 10.0 Å². The first-order valence-corrected chi connectivity index (χ1v) is 6.61. The van der Waals surface area contributed by atoms with Crippen LogP contribution in [0.15, 0.2) is 12.1 Å². The second-order valence-electron chi connectivity index (χ2n) is 4.45. The molecule has 6 heteroatoms. The lowest BCUT2D eigenvalue weighted by Crippen LogP contribution is -2.33. The van der Waals surface area contributed by atoms with Gasteiger partial charge >= 0.3 is 0 Å². The molecule has 1 aliphatic rings. The topological polar surface area (TPSA) is 46.6 Å². The monoisotopic (exact) mass is 301 g/mol. The Hall–Kier alpha value is -1.26. The van der Waals surface area contributed by atoms with Crippen LogP contribution in [0.5, 0.6) is 5.75 Å². The molecule has 0 heterocycles. The molecule has 0 N–H and O–H groups in total. The highest BCUT2D eigenvalue weighted by Crippen LogP contribution is 2.32. The Bertz CT molecular complexity index is 515. The van der Waals surface area contributed by atoms with Crippen LogP contribution in [0.4, 0.5) is 0 Å². The number of benzene rings is 1. The van der Waals surface area contributed by atoms with Crippen molar-refractivity contribution in [1.29, 1.82) is 0 Å². The van der Waals surface area contributed by atoms with E-state index in [1.165, 1.54) is 12.1 Å². The molecule has 1 fully saturated rings. The average Bonchev–Trinajstić information content (AvgIpc) is 3.19. The van der Waals surface area contributed by atoms with Gasteiger partial charge in [-0.2, -0.15) is 0 Å². The molecule has 1 aromatic rings. The number of halogens is 2. The summed E-state index contributed by atoms with van der Waals surface area (Å²) in [4.78, 5) is 24.4. The number of likely N-dealkylation sites (N-methyl/N-ethyl adjacent to an activating group) is 1. The summed E-state index contributed by atoms with van der Waals surface area (Å²) in [6.45, 7) is -0.144. The van der Waals surface area contributed by atoms with Gasteiger partial charge in [-0.05, 0) is 25.0 Å². The quantitative estimate of drug-likeness (QED) is 0.786. The van der Waals surface area contributed by atoms with Crippen LogP contribution in [-0.2, 0) is 4.79 Å². The first kappa shape index (κ1) is 14.2. The first-order chi connectivity index (χ1) is 9.02. The predicted octanol–water partition coefficient (Wildman–Crippen LogP) is 2.81. The number of hydrogen-bond donors (Lipinski definition) is 0. The van der Waals surface area contributed by atoms with Crippen molar-refractivity contribution < 1.29 is 14.3 Å². The number of nitrogens with zero attached hydrogens (tertiary/aromatic N) is 1. The van der Waals surface area contributed by atoms with Crippen LogP contribution in [0, 0.1) is 0 Å². The Balaban J connectivity index is 2.06. The molecule has 0 spiro atoms. The maximum absolute atomic E-state index is 11.8. The zero-order chi connectivity index (χ0) is 14.0. The van der Waals surface area contributed by atoms with Gasteiger partial charge < -0.3 is 9.64 Å². The SMILES string of the molecule is CN(C(=O)COc1c(Cl)cc(Cl)cc1C=O)C1CC1. The fraction of sp³-hybridized carbons (Fsp3) is 0.385. The zero-order valence-electron chi connectivity index (χ0n) is 10.4. The van der Waals surface area contributed by atoms with Crippen molar-refractivity contribution in [2.45, 2.75) is 18.9 Å². The smallest absolute Gasteiger partial charge is 0.260 e. The molecule has 1 amide bonds. The molecule has 19 heavy (non-hydrogen) atoms. The fourth-order valence-corrected chi connectivity index (χ4v) is 2.28. The summed E-state index contributed by atoms with van der Waals surface area (Å²) in [7, 11) is 1.74. The summed E-state index contributed by atoms with van der Waals surface area (Å²) in [6, 6.07) is 3.24. The number of carbonyl (C=O) groups is 2. The van der Waals surface area contributed by atoms with E-state index in [4.69, 9.17) is 27.9 Å². The molecule has 4 nitrogen and oxygen atoms in total. The van der Waals surface area contributed by atoms with Crippen molar-refractivity contribution in [2.24, 2.45) is 0 Å². The Kier molecular flexibility index (Phi) is 4.32. The molecule has 1 aliphatic carbocycles. The van der Waals surface area contributed by atoms with Gasteiger partial charge in [0.2, 0.25) is 0 Å². The Morgan fingerprint density at radius 1 is 1.47 bits per heavy atom. The summed E-state index contributed by atoms with van der Waals surface area (Å²) < 4.78 is 5.36. The van der Waals surface area contributed by atoms with Gasteiger partial charge in [0.15, 0.2) is 12.9 Å². The largest absolute Gasteiger partial charge is 0.481 e. The summed E-state index contributed by atoms with van der Waals surface area (Å²) in [5, 5.41) is 0.567. The Morgan fingerprint density at radius 3 is 2.74 bits per heavy atom. The lowest BCUT2D eigenvalue weighted by molar-refractivity contribution is -0.132. The van der Waals surface area contributed by atoms with Gasteiger partial charge in [0.1, 0.15) is 5.75 Å². The standard InChI is InChI=1S/C13H13Cl2NO3/c1-16(10-2-3-10)12(18)7-19-13-8(6-17)4-9(14)5-11(13)15/h4-6,10H,2-3,7H2,1H3. The molecule has 0 aromatic heterocycles. The average molecular weight is 302 g/mol. The van der Waals surface area contributed by atoms with E-state index in [1.807, 2.05) is 0 Å². The Labute approximate surface area is 121 Å². The summed E-state index contributed by atoms with van der Waals surface area (Å²) >= 11 is 11.7. The number of rotatable bonds is 5. The highest BCUT2D eigenvalue weighted by atomic mass is 35.5. The van der Waals surface area contributed by atoms with Gasteiger partial charge in [-0.15, -0.1) is 0 Å². The van der Waals surface area contributed by atoms with Crippen molar-refractivity contribution in [2.75, 3.05) is 13.7 Å². The van der Waals surface area contributed by atoms with Crippen molar-refractivity contribution >= 4 is 35.4 Å². The molecule has 0 bridgehead atoms. The van der Waals surface area contributed by atoms with E-state index in [0.717, 1.165) is 12.8 Å².